The van der Waals surface area contributed by atoms with Crippen molar-refractivity contribution in [1.82, 2.24) is 0 Å². The largest absolute Gasteiger partial charge is 0.344 e. The Bertz CT molecular complexity index is 524. The third-order valence-corrected chi connectivity index (χ3v) is 4.81. The van der Waals surface area contributed by atoms with Crippen LogP contribution in [-0.4, -0.2) is 6.54 Å². The van der Waals surface area contributed by atoms with Crippen molar-refractivity contribution in [2.24, 2.45) is 0 Å². The lowest BCUT2D eigenvalue weighted by atomic mass is 9.84. The zero-order valence-corrected chi connectivity index (χ0v) is 14.6. The molecule has 0 saturated heterocycles. The molecule has 0 unspecified atom stereocenters. The first kappa shape index (κ1) is 16.9. The molecule has 1 aromatic rings. The van der Waals surface area contributed by atoms with Crippen LogP contribution < -0.4 is 4.90 Å². The molecular formula is C21H31N. The number of rotatable bonds is 8. The van der Waals surface area contributed by atoms with Crippen molar-refractivity contribution in [2.75, 3.05) is 11.4 Å². The van der Waals surface area contributed by atoms with Crippen LogP contribution in [0.25, 0.3) is 0 Å². The van der Waals surface area contributed by atoms with E-state index in [9.17, 15) is 0 Å². The summed E-state index contributed by atoms with van der Waals surface area (Å²) < 4.78 is 0. The van der Waals surface area contributed by atoms with Gasteiger partial charge in [0.1, 0.15) is 0 Å². The third kappa shape index (κ3) is 3.45. The van der Waals surface area contributed by atoms with E-state index in [1.807, 2.05) is 6.08 Å². The highest BCUT2D eigenvalue weighted by Gasteiger charge is 2.38. The fraction of sp³-hybridized carbons (Fsp3) is 0.524. The summed E-state index contributed by atoms with van der Waals surface area (Å²) in [5, 5.41) is 0. The van der Waals surface area contributed by atoms with Crippen molar-refractivity contribution in [3.05, 3.63) is 54.3 Å². The minimum atomic E-state index is 0.0764. The van der Waals surface area contributed by atoms with Gasteiger partial charge in [0.25, 0.3) is 0 Å². The number of hydrogen-bond donors (Lipinski definition) is 0. The Hall–Kier alpha value is -1.50. The Kier molecular flexibility index (Phi) is 5.88. The third-order valence-electron chi connectivity index (χ3n) is 4.81. The molecule has 1 nitrogen and oxygen atoms in total. The molecule has 0 saturated carbocycles. The van der Waals surface area contributed by atoms with Crippen molar-refractivity contribution in [3.63, 3.8) is 0 Å². The molecule has 0 spiro atoms. The Labute approximate surface area is 136 Å². The van der Waals surface area contributed by atoms with Gasteiger partial charge in [-0.3, -0.25) is 0 Å². The van der Waals surface area contributed by atoms with Gasteiger partial charge in [-0.25, -0.2) is 0 Å². The summed E-state index contributed by atoms with van der Waals surface area (Å²) in [5.41, 5.74) is 4.29. The van der Waals surface area contributed by atoms with Crippen molar-refractivity contribution in [2.45, 2.75) is 64.7 Å². The second kappa shape index (κ2) is 7.67. The summed E-state index contributed by atoms with van der Waals surface area (Å²) in [6, 6.07) is 8.84. The average molecular weight is 297 g/mol. The molecule has 22 heavy (non-hydrogen) atoms. The van der Waals surface area contributed by atoms with Crippen LogP contribution in [-0.2, 0) is 5.41 Å². The van der Waals surface area contributed by atoms with E-state index in [0.29, 0.717) is 0 Å². The van der Waals surface area contributed by atoms with E-state index in [2.05, 4.69) is 62.6 Å². The number of hydrogen-bond acceptors (Lipinski definition) is 1. The first-order valence-electron chi connectivity index (χ1n) is 8.83. The Morgan fingerprint density at radius 3 is 2.45 bits per heavy atom. The number of allylic oxidation sites excluding steroid dienone is 3. The van der Waals surface area contributed by atoms with Gasteiger partial charge in [-0.15, -0.1) is 0 Å². The van der Waals surface area contributed by atoms with Crippen molar-refractivity contribution < 1.29 is 0 Å². The molecule has 0 aliphatic carbocycles. The molecule has 2 rings (SSSR count). The van der Waals surface area contributed by atoms with Gasteiger partial charge in [-0.1, -0.05) is 83.7 Å². The monoisotopic (exact) mass is 297 g/mol. The highest BCUT2D eigenvalue weighted by molar-refractivity contribution is 5.70. The quantitative estimate of drug-likeness (QED) is 0.515. The van der Waals surface area contributed by atoms with Gasteiger partial charge in [-0.05, 0) is 24.1 Å². The smallest absolute Gasteiger partial charge is 0.0450 e. The number of nitrogens with zero attached hydrogens (tertiary/aromatic N) is 1. The molecule has 0 amide bonds. The van der Waals surface area contributed by atoms with E-state index in [1.165, 1.54) is 55.5 Å². The molecular weight excluding hydrogens is 266 g/mol. The highest BCUT2D eigenvalue weighted by Crippen LogP contribution is 2.47. The summed E-state index contributed by atoms with van der Waals surface area (Å²) in [6.45, 7) is 11.9. The molecule has 1 heterocycles. The van der Waals surface area contributed by atoms with Gasteiger partial charge in [0.2, 0.25) is 0 Å². The Morgan fingerprint density at radius 1 is 1.05 bits per heavy atom. The fourth-order valence-corrected chi connectivity index (χ4v) is 3.54. The highest BCUT2D eigenvalue weighted by atomic mass is 15.2. The van der Waals surface area contributed by atoms with Crippen LogP contribution in [0.4, 0.5) is 5.69 Å². The topological polar surface area (TPSA) is 3.24 Å². The number of unbranched alkanes of at least 4 members (excludes halogenated alkanes) is 5. The van der Waals surface area contributed by atoms with Crippen LogP contribution in [0.1, 0.15) is 64.9 Å². The minimum absolute atomic E-state index is 0.0764. The summed E-state index contributed by atoms with van der Waals surface area (Å²) in [7, 11) is 0. The molecule has 0 atom stereocenters. The van der Waals surface area contributed by atoms with Gasteiger partial charge in [0, 0.05) is 23.3 Å². The summed E-state index contributed by atoms with van der Waals surface area (Å²) in [4.78, 5) is 2.51. The van der Waals surface area contributed by atoms with E-state index in [0.717, 1.165) is 6.54 Å². The summed E-state index contributed by atoms with van der Waals surface area (Å²) in [6.07, 6.45) is 12.2. The van der Waals surface area contributed by atoms with E-state index in [1.54, 1.807) is 0 Å². The lowest BCUT2D eigenvalue weighted by Gasteiger charge is -2.27. The van der Waals surface area contributed by atoms with Gasteiger partial charge in [-0.2, -0.15) is 0 Å². The van der Waals surface area contributed by atoms with Crippen molar-refractivity contribution in [3.8, 4) is 0 Å². The molecule has 1 heteroatoms. The van der Waals surface area contributed by atoms with Crippen LogP contribution in [0.2, 0.25) is 0 Å². The van der Waals surface area contributed by atoms with Crippen molar-refractivity contribution in [1.29, 1.82) is 0 Å². The van der Waals surface area contributed by atoms with E-state index in [4.69, 9.17) is 0 Å². The molecule has 120 valence electrons. The maximum Gasteiger partial charge on any atom is 0.0450 e. The maximum absolute atomic E-state index is 3.91. The second-order valence-corrected chi connectivity index (χ2v) is 6.85. The number of para-hydroxylation sites is 1. The Balaban J connectivity index is 2.08. The SMILES string of the molecule is C=CC=C1N(CCCCCCCC)c2ccccc2C1(C)C. The molecule has 0 fully saturated rings. The summed E-state index contributed by atoms with van der Waals surface area (Å²) >= 11 is 0. The number of fused-ring (bicyclic) bond motifs is 1. The van der Waals surface area contributed by atoms with Crippen LogP contribution in [0, 0.1) is 0 Å². The predicted octanol–water partition coefficient (Wildman–Crippen LogP) is 6.21. The van der Waals surface area contributed by atoms with Gasteiger partial charge in [0.15, 0.2) is 0 Å². The molecule has 0 bridgehead atoms. The molecule has 0 N–H and O–H groups in total. The zero-order chi connectivity index (χ0) is 16.0. The van der Waals surface area contributed by atoms with Gasteiger partial charge < -0.3 is 4.90 Å². The zero-order valence-electron chi connectivity index (χ0n) is 14.6. The molecule has 0 radical (unpaired) electrons. The van der Waals surface area contributed by atoms with Gasteiger partial charge >= 0.3 is 0 Å². The van der Waals surface area contributed by atoms with Crippen LogP contribution in [0.3, 0.4) is 0 Å². The second-order valence-electron chi connectivity index (χ2n) is 6.85. The van der Waals surface area contributed by atoms with E-state index in [-0.39, 0.29) is 5.41 Å². The van der Waals surface area contributed by atoms with Crippen LogP contribution in [0.5, 0.6) is 0 Å². The van der Waals surface area contributed by atoms with Crippen LogP contribution >= 0.6 is 0 Å². The van der Waals surface area contributed by atoms with E-state index >= 15 is 0 Å². The lowest BCUT2D eigenvalue weighted by molar-refractivity contribution is 0.591. The Morgan fingerprint density at radius 2 is 1.73 bits per heavy atom. The fourth-order valence-electron chi connectivity index (χ4n) is 3.54. The molecule has 1 aliphatic heterocycles. The van der Waals surface area contributed by atoms with Gasteiger partial charge in [0.05, 0.1) is 0 Å². The molecule has 1 aromatic carbocycles. The predicted molar refractivity (Wildman–Crippen MR) is 98.5 cm³/mol. The first-order chi connectivity index (χ1) is 10.6. The van der Waals surface area contributed by atoms with E-state index < -0.39 is 0 Å². The number of anilines is 1. The minimum Gasteiger partial charge on any atom is -0.344 e. The van der Waals surface area contributed by atoms with Crippen molar-refractivity contribution >= 4 is 5.69 Å². The average Bonchev–Trinajstić information content (AvgIpc) is 2.72. The standard InChI is InChI=1S/C21H31N/c1-5-7-8-9-10-13-17-22-19-16-12-11-15-18(19)21(3,4)20(22)14-6-2/h6,11-12,14-16H,2,5,7-10,13,17H2,1,3-4H3. The number of benzene rings is 1. The lowest BCUT2D eigenvalue weighted by Crippen LogP contribution is -2.27. The van der Waals surface area contributed by atoms with Crippen LogP contribution in [0.15, 0.2) is 48.7 Å². The summed E-state index contributed by atoms with van der Waals surface area (Å²) in [5.74, 6) is 0. The normalized spacial score (nSPS) is 17.8. The first-order valence-corrected chi connectivity index (χ1v) is 8.83. The molecule has 1 aliphatic rings. The molecule has 0 aromatic heterocycles. The maximum atomic E-state index is 3.91.